The van der Waals surface area contributed by atoms with Gasteiger partial charge in [0.2, 0.25) is 0 Å². The van der Waals surface area contributed by atoms with Crippen LogP contribution in [0.25, 0.3) is 11.1 Å². The van der Waals surface area contributed by atoms with Gasteiger partial charge in [-0.25, -0.2) is 4.79 Å². The molecule has 3 aromatic rings. The molecule has 1 heterocycles. The van der Waals surface area contributed by atoms with Crippen LogP contribution in [0.5, 0.6) is 0 Å². The van der Waals surface area contributed by atoms with E-state index in [1.54, 1.807) is 53.9 Å². The Morgan fingerprint density at radius 2 is 1.68 bits per heavy atom. The largest absolute Gasteiger partial charge is 0.478 e. The van der Waals surface area contributed by atoms with Crippen molar-refractivity contribution in [2.75, 3.05) is 5.32 Å². The summed E-state index contributed by atoms with van der Waals surface area (Å²) < 4.78 is 0. The average molecular weight is 392 g/mol. The molecule has 4 nitrogen and oxygen atoms in total. The molecule has 0 bridgehead atoms. The lowest BCUT2D eigenvalue weighted by molar-refractivity contribution is 0.0699. The van der Waals surface area contributed by atoms with Crippen LogP contribution in [0.2, 0.25) is 10.0 Å². The van der Waals surface area contributed by atoms with Gasteiger partial charge >= 0.3 is 5.97 Å². The number of halogens is 2. The Balaban J connectivity index is 1.98. The van der Waals surface area contributed by atoms with Crippen molar-refractivity contribution in [2.45, 2.75) is 0 Å². The minimum atomic E-state index is -1.12. The third kappa shape index (κ3) is 3.69. The predicted octanol–water partition coefficient (Wildman–Crippen LogP) is 5.67. The lowest BCUT2D eigenvalue weighted by Gasteiger charge is -2.07. The van der Waals surface area contributed by atoms with Gasteiger partial charge in [-0.1, -0.05) is 47.5 Å². The molecular weight excluding hydrogens is 381 g/mol. The molecule has 7 heteroatoms. The van der Waals surface area contributed by atoms with Crippen LogP contribution < -0.4 is 5.32 Å². The average Bonchev–Trinajstić information content (AvgIpc) is 2.99. The van der Waals surface area contributed by atoms with Crippen LogP contribution in [0, 0.1) is 0 Å². The smallest absolute Gasteiger partial charge is 0.339 e. The molecule has 0 unspecified atom stereocenters. The van der Waals surface area contributed by atoms with Crippen molar-refractivity contribution >= 4 is 51.4 Å². The molecule has 0 spiro atoms. The van der Waals surface area contributed by atoms with Crippen molar-refractivity contribution in [3.8, 4) is 11.1 Å². The third-order valence-corrected chi connectivity index (χ3v) is 4.98. The summed E-state index contributed by atoms with van der Waals surface area (Å²) in [6.07, 6.45) is 0. The topological polar surface area (TPSA) is 66.4 Å². The first-order valence-electron chi connectivity index (χ1n) is 7.14. The van der Waals surface area contributed by atoms with Crippen LogP contribution >= 0.6 is 34.5 Å². The molecule has 1 aromatic heterocycles. The summed E-state index contributed by atoms with van der Waals surface area (Å²) in [6, 6.07) is 13.4. The van der Waals surface area contributed by atoms with Crippen molar-refractivity contribution in [3.05, 3.63) is 75.1 Å². The predicted molar refractivity (Wildman–Crippen MR) is 101 cm³/mol. The van der Waals surface area contributed by atoms with Crippen molar-refractivity contribution in [1.82, 2.24) is 0 Å². The molecule has 1 amide bonds. The van der Waals surface area contributed by atoms with Crippen molar-refractivity contribution in [3.63, 3.8) is 0 Å². The number of aromatic carboxylic acids is 1. The van der Waals surface area contributed by atoms with Gasteiger partial charge in [0.1, 0.15) is 10.6 Å². The fraction of sp³-hybridized carbons (Fsp3) is 0. The first-order chi connectivity index (χ1) is 12.0. The fourth-order valence-electron chi connectivity index (χ4n) is 2.32. The van der Waals surface area contributed by atoms with E-state index >= 15 is 0 Å². The zero-order valence-electron chi connectivity index (χ0n) is 12.6. The molecule has 0 radical (unpaired) electrons. The van der Waals surface area contributed by atoms with Gasteiger partial charge in [0.05, 0.1) is 10.6 Å². The second-order valence-electron chi connectivity index (χ2n) is 5.10. The zero-order valence-corrected chi connectivity index (χ0v) is 15.0. The number of hydrogen-bond donors (Lipinski definition) is 2. The maximum absolute atomic E-state index is 12.4. The number of carbonyl (C=O) groups excluding carboxylic acids is 1. The van der Waals surface area contributed by atoms with E-state index < -0.39 is 11.9 Å². The third-order valence-electron chi connectivity index (χ3n) is 3.51. The molecule has 0 fully saturated rings. The highest BCUT2D eigenvalue weighted by Crippen LogP contribution is 2.36. The normalized spacial score (nSPS) is 10.5. The van der Waals surface area contributed by atoms with Crippen LogP contribution in [0.15, 0.2) is 53.9 Å². The van der Waals surface area contributed by atoms with Gasteiger partial charge in [-0.15, -0.1) is 11.3 Å². The molecule has 2 N–H and O–H groups in total. The van der Waals surface area contributed by atoms with Gasteiger partial charge in [-0.3, -0.25) is 4.79 Å². The molecule has 2 aromatic carbocycles. The first kappa shape index (κ1) is 17.5. The van der Waals surface area contributed by atoms with Crippen LogP contribution in [-0.4, -0.2) is 17.0 Å². The Morgan fingerprint density at radius 3 is 2.32 bits per heavy atom. The molecule has 0 aliphatic rings. The van der Waals surface area contributed by atoms with Crippen LogP contribution in [0.1, 0.15) is 20.7 Å². The van der Waals surface area contributed by atoms with E-state index in [9.17, 15) is 14.7 Å². The van der Waals surface area contributed by atoms with Crippen LogP contribution in [0.3, 0.4) is 0 Å². The summed E-state index contributed by atoms with van der Waals surface area (Å²) in [5, 5.41) is 15.0. The van der Waals surface area contributed by atoms with Crippen molar-refractivity contribution in [1.29, 1.82) is 0 Å². The molecule has 25 heavy (non-hydrogen) atoms. The number of nitrogens with one attached hydrogen (secondary N) is 1. The Morgan fingerprint density at radius 1 is 1.00 bits per heavy atom. The molecule has 0 aliphatic heterocycles. The Hall–Kier alpha value is -2.34. The van der Waals surface area contributed by atoms with E-state index in [-0.39, 0.29) is 16.1 Å². The SMILES string of the molecule is O=C(Nc1scc(-c2ccc(Cl)cc2)c1C(=O)O)c1ccccc1Cl. The van der Waals surface area contributed by atoms with E-state index in [4.69, 9.17) is 23.2 Å². The maximum Gasteiger partial charge on any atom is 0.339 e. The molecule has 0 aliphatic carbocycles. The Labute approximate surface area is 157 Å². The summed E-state index contributed by atoms with van der Waals surface area (Å²) in [5.41, 5.74) is 1.54. The summed E-state index contributed by atoms with van der Waals surface area (Å²) in [5.74, 6) is -1.58. The number of rotatable bonds is 4. The van der Waals surface area contributed by atoms with Gasteiger partial charge in [0, 0.05) is 16.0 Å². The molecule has 126 valence electrons. The molecule has 0 atom stereocenters. The van der Waals surface area contributed by atoms with Crippen molar-refractivity contribution in [2.24, 2.45) is 0 Å². The monoisotopic (exact) mass is 391 g/mol. The van der Waals surface area contributed by atoms with E-state index in [0.717, 1.165) is 11.3 Å². The standard InChI is InChI=1S/C18H11Cl2NO3S/c19-11-7-5-10(6-8-11)13-9-25-17(15(13)18(23)24)21-16(22)12-3-1-2-4-14(12)20/h1-9H,(H,21,22)(H,23,24). The summed E-state index contributed by atoms with van der Waals surface area (Å²) >= 11 is 13.0. The molecule has 0 saturated heterocycles. The van der Waals surface area contributed by atoms with Crippen LogP contribution in [0.4, 0.5) is 5.00 Å². The Bertz CT molecular complexity index is 951. The van der Waals surface area contributed by atoms with E-state index in [1.165, 1.54) is 0 Å². The second-order valence-corrected chi connectivity index (χ2v) is 6.82. The number of carboxylic acids is 1. The summed E-state index contributed by atoms with van der Waals surface area (Å²) in [4.78, 5) is 24.1. The minimum absolute atomic E-state index is 0.0349. The highest BCUT2D eigenvalue weighted by atomic mass is 35.5. The number of carbonyl (C=O) groups is 2. The number of carboxylic acid groups (broad SMARTS) is 1. The lowest BCUT2D eigenvalue weighted by atomic mass is 10.0. The fourth-order valence-corrected chi connectivity index (χ4v) is 3.62. The van der Waals surface area contributed by atoms with Gasteiger partial charge < -0.3 is 10.4 Å². The van der Waals surface area contributed by atoms with Crippen molar-refractivity contribution < 1.29 is 14.7 Å². The molecular formula is C18H11Cl2NO3S. The lowest BCUT2D eigenvalue weighted by Crippen LogP contribution is -2.14. The molecule has 3 rings (SSSR count). The van der Waals surface area contributed by atoms with Gasteiger partial charge in [-0.2, -0.15) is 0 Å². The van der Waals surface area contributed by atoms with Crippen LogP contribution in [-0.2, 0) is 0 Å². The van der Waals surface area contributed by atoms with Gasteiger partial charge in [-0.05, 0) is 29.8 Å². The van der Waals surface area contributed by atoms with E-state index in [1.807, 2.05) is 0 Å². The number of thiophene rings is 1. The summed E-state index contributed by atoms with van der Waals surface area (Å²) in [6.45, 7) is 0. The maximum atomic E-state index is 12.4. The summed E-state index contributed by atoms with van der Waals surface area (Å²) in [7, 11) is 0. The Kier molecular flexibility index (Phi) is 5.08. The van der Waals surface area contributed by atoms with Gasteiger partial charge in [0.25, 0.3) is 5.91 Å². The quantitative estimate of drug-likeness (QED) is 0.601. The highest BCUT2D eigenvalue weighted by Gasteiger charge is 2.22. The molecule has 0 saturated carbocycles. The van der Waals surface area contributed by atoms with Gasteiger partial charge in [0.15, 0.2) is 0 Å². The van der Waals surface area contributed by atoms with E-state index in [0.29, 0.717) is 21.2 Å². The number of benzene rings is 2. The second kappa shape index (κ2) is 7.27. The number of hydrogen-bond acceptors (Lipinski definition) is 3. The first-order valence-corrected chi connectivity index (χ1v) is 8.77. The van der Waals surface area contributed by atoms with E-state index in [2.05, 4.69) is 5.32 Å². The number of anilines is 1. The number of amides is 1. The zero-order chi connectivity index (χ0) is 18.0. The minimum Gasteiger partial charge on any atom is -0.478 e. The highest BCUT2D eigenvalue weighted by molar-refractivity contribution is 7.15.